The van der Waals surface area contributed by atoms with Gasteiger partial charge in [0.1, 0.15) is 4.88 Å². The Morgan fingerprint density at radius 3 is 2.60 bits per heavy atom. The summed E-state index contributed by atoms with van der Waals surface area (Å²) in [5, 5.41) is 20.3. The van der Waals surface area contributed by atoms with E-state index in [1.54, 1.807) is 18.2 Å². The summed E-state index contributed by atoms with van der Waals surface area (Å²) in [4.78, 5) is 21.0. The highest BCUT2D eigenvalue weighted by Crippen LogP contribution is 2.33. The van der Waals surface area contributed by atoms with Crippen LogP contribution in [0.3, 0.4) is 0 Å². The zero-order valence-electron chi connectivity index (χ0n) is 15.9. The van der Waals surface area contributed by atoms with Gasteiger partial charge in [-0.1, -0.05) is 35.1 Å². The first-order valence-electron chi connectivity index (χ1n) is 9.02. The summed E-state index contributed by atoms with van der Waals surface area (Å²) >= 11 is 1.18. The minimum Gasteiger partial charge on any atom is -0.492 e. The van der Waals surface area contributed by atoms with Crippen LogP contribution in [-0.2, 0) is 21.2 Å². The van der Waals surface area contributed by atoms with Gasteiger partial charge in [-0.3, -0.25) is 4.79 Å². The van der Waals surface area contributed by atoms with Crippen molar-refractivity contribution in [2.45, 2.75) is 18.2 Å². The van der Waals surface area contributed by atoms with E-state index in [0.29, 0.717) is 39.1 Å². The fourth-order valence-corrected chi connectivity index (χ4v) is 4.61. The number of primary sulfonamides is 1. The lowest BCUT2D eigenvalue weighted by Gasteiger charge is -2.04. The van der Waals surface area contributed by atoms with Crippen molar-refractivity contribution in [3.05, 3.63) is 69.0 Å². The van der Waals surface area contributed by atoms with Gasteiger partial charge in [0.2, 0.25) is 15.9 Å². The van der Waals surface area contributed by atoms with E-state index in [4.69, 9.17) is 5.14 Å². The Bertz CT molecular complexity index is 1380. The van der Waals surface area contributed by atoms with Crippen LogP contribution in [0.4, 0.5) is 5.13 Å². The number of hydrogen-bond acceptors (Lipinski definition) is 7. The van der Waals surface area contributed by atoms with E-state index in [1.807, 2.05) is 19.1 Å². The van der Waals surface area contributed by atoms with Crippen LogP contribution >= 0.6 is 11.3 Å². The standard InChI is InChI=1S/C20H18N4O4S2/c1-11-2-7-15-14(10-11)16(18(25)23-15)17-19(26)24-20(29-17)22-9-8-12-3-5-13(6-4-12)30(21,27)28/h2-7,10,26H,8-9H2,1H3,(H,22,24)(H2,21,27,28). The Labute approximate surface area is 176 Å². The van der Waals surface area contributed by atoms with Crippen LogP contribution in [0.25, 0.3) is 5.57 Å². The molecule has 10 heteroatoms. The highest BCUT2D eigenvalue weighted by molar-refractivity contribution is 7.89. The minimum absolute atomic E-state index is 0.0629. The van der Waals surface area contributed by atoms with Gasteiger partial charge in [-0.15, -0.1) is 0 Å². The molecule has 8 nitrogen and oxygen atoms in total. The molecular formula is C20H18N4O4S2. The second kappa shape index (κ2) is 7.63. The van der Waals surface area contributed by atoms with Crippen molar-refractivity contribution in [3.8, 4) is 5.88 Å². The largest absolute Gasteiger partial charge is 0.492 e. The Kier molecular flexibility index (Phi) is 5.14. The number of aryl methyl sites for hydroxylation is 1. The van der Waals surface area contributed by atoms with Crippen molar-refractivity contribution in [3.63, 3.8) is 0 Å². The van der Waals surface area contributed by atoms with Crippen molar-refractivity contribution in [2.75, 3.05) is 11.9 Å². The smallest absolute Gasteiger partial charge is 0.279 e. The van der Waals surface area contributed by atoms with Gasteiger partial charge in [-0.05, 0) is 43.2 Å². The molecule has 3 aromatic rings. The normalized spacial score (nSPS) is 13.3. The number of carbonyl (C=O) groups is 1. The lowest BCUT2D eigenvalue weighted by molar-refractivity contribution is -0.112. The highest BCUT2D eigenvalue weighted by atomic mass is 32.2. The fraction of sp³-hybridized carbons (Fsp3) is 0.150. The molecular weight excluding hydrogens is 424 g/mol. The summed E-state index contributed by atoms with van der Waals surface area (Å²) in [6.45, 7) is 2.43. The third-order valence-corrected chi connectivity index (χ3v) is 6.58. The van der Waals surface area contributed by atoms with E-state index in [2.05, 4.69) is 15.3 Å². The summed E-state index contributed by atoms with van der Waals surface area (Å²) in [6.07, 6.45) is 0.605. The average Bonchev–Trinajstić information content (AvgIpc) is 3.19. The number of nitrogens with zero attached hydrogens (tertiary/aromatic N) is 2. The van der Waals surface area contributed by atoms with Gasteiger partial charge in [0.15, 0.2) is 5.13 Å². The molecule has 0 radical (unpaired) electrons. The number of nitrogens with two attached hydrogens (primary N) is 1. The van der Waals surface area contributed by atoms with Gasteiger partial charge in [0.05, 0.1) is 15.8 Å². The van der Waals surface area contributed by atoms with Gasteiger partial charge in [0.25, 0.3) is 5.91 Å². The predicted octanol–water partition coefficient (Wildman–Crippen LogP) is 0.818. The number of rotatable bonds is 6. The lowest BCUT2D eigenvalue weighted by atomic mass is 10.1. The van der Waals surface area contributed by atoms with Crippen molar-refractivity contribution in [2.24, 2.45) is 10.1 Å². The van der Waals surface area contributed by atoms with Crippen LogP contribution in [-0.4, -0.2) is 31.0 Å². The maximum atomic E-state index is 12.4. The van der Waals surface area contributed by atoms with Crippen molar-refractivity contribution >= 4 is 38.0 Å². The molecule has 0 saturated carbocycles. The molecule has 0 atom stereocenters. The fourth-order valence-electron chi connectivity index (χ4n) is 3.16. The van der Waals surface area contributed by atoms with Crippen LogP contribution in [0.15, 0.2) is 52.4 Å². The van der Waals surface area contributed by atoms with Crippen molar-refractivity contribution in [1.82, 2.24) is 4.98 Å². The zero-order chi connectivity index (χ0) is 21.5. The molecule has 2 aromatic carbocycles. The van der Waals surface area contributed by atoms with Crippen LogP contribution in [0, 0.1) is 6.92 Å². The number of aromatic hydroxyl groups is 1. The first-order valence-corrected chi connectivity index (χ1v) is 11.4. The monoisotopic (exact) mass is 442 g/mol. The van der Waals surface area contributed by atoms with Crippen LogP contribution in [0.2, 0.25) is 0 Å². The molecule has 0 bridgehead atoms. The van der Waals surface area contributed by atoms with Gasteiger partial charge in [-0.25, -0.2) is 18.5 Å². The molecule has 4 N–H and O–H groups in total. The van der Waals surface area contributed by atoms with Crippen LogP contribution in [0.1, 0.15) is 16.0 Å². The number of anilines is 1. The molecule has 1 aliphatic heterocycles. The first kappa shape index (κ1) is 20.2. The van der Waals surface area contributed by atoms with Crippen molar-refractivity contribution < 1.29 is 18.3 Å². The van der Waals surface area contributed by atoms with E-state index < -0.39 is 15.9 Å². The molecule has 1 aliphatic rings. The summed E-state index contributed by atoms with van der Waals surface area (Å²) < 4.78 is 22.6. The number of thiazole rings is 1. The number of benzene rings is 2. The Morgan fingerprint density at radius 1 is 1.17 bits per heavy atom. The average molecular weight is 443 g/mol. The number of aromatic nitrogens is 1. The van der Waals surface area contributed by atoms with E-state index in [-0.39, 0.29) is 10.8 Å². The summed E-state index contributed by atoms with van der Waals surface area (Å²) in [5.41, 5.74) is 2.27. The Balaban J connectivity index is 1.51. The maximum Gasteiger partial charge on any atom is 0.279 e. The summed E-state index contributed by atoms with van der Waals surface area (Å²) in [6, 6.07) is 11.9. The molecule has 0 saturated heterocycles. The van der Waals surface area contributed by atoms with Gasteiger partial charge < -0.3 is 10.4 Å². The number of amides is 1. The lowest BCUT2D eigenvalue weighted by Crippen LogP contribution is -2.23. The molecule has 0 aliphatic carbocycles. The van der Waals surface area contributed by atoms with Gasteiger partial charge in [0, 0.05) is 11.8 Å². The van der Waals surface area contributed by atoms with Crippen molar-refractivity contribution in [1.29, 1.82) is 0 Å². The first-order chi connectivity index (χ1) is 14.2. The molecule has 0 spiro atoms. The number of fused-ring (bicyclic) bond motifs is 1. The zero-order valence-corrected chi connectivity index (χ0v) is 17.5. The van der Waals surface area contributed by atoms with E-state index >= 15 is 0 Å². The van der Waals surface area contributed by atoms with E-state index in [0.717, 1.165) is 11.1 Å². The molecule has 154 valence electrons. The van der Waals surface area contributed by atoms with E-state index in [1.165, 1.54) is 23.5 Å². The van der Waals surface area contributed by atoms with Crippen LogP contribution in [0.5, 0.6) is 5.88 Å². The van der Waals surface area contributed by atoms with Crippen LogP contribution < -0.4 is 21.0 Å². The second-order valence-electron chi connectivity index (χ2n) is 6.85. The molecule has 30 heavy (non-hydrogen) atoms. The molecule has 1 aromatic heterocycles. The Hall–Kier alpha value is -3.08. The third kappa shape index (κ3) is 3.97. The predicted molar refractivity (Wildman–Crippen MR) is 113 cm³/mol. The summed E-state index contributed by atoms with van der Waals surface area (Å²) in [5.74, 6) is -0.607. The molecule has 0 unspecified atom stereocenters. The molecule has 2 heterocycles. The number of carbonyl (C=O) groups excluding carboxylic acids is 1. The topological polar surface area (TPSA) is 135 Å². The third-order valence-electron chi connectivity index (χ3n) is 4.64. The quantitative estimate of drug-likeness (QED) is 0.517. The molecule has 4 rings (SSSR count). The molecule has 1 amide bonds. The molecule has 0 fully saturated rings. The summed E-state index contributed by atoms with van der Waals surface area (Å²) in [7, 11) is -3.71. The number of nitrogens with one attached hydrogen (secondary N) is 1. The van der Waals surface area contributed by atoms with E-state index in [9.17, 15) is 18.3 Å². The van der Waals surface area contributed by atoms with Gasteiger partial charge >= 0.3 is 0 Å². The Morgan fingerprint density at radius 2 is 1.90 bits per heavy atom. The highest BCUT2D eigenvalue weighted by Gasteiger charge is 2.24. The maximum absolute atomic E-state index is 12.4. The SMILES string of the molecule is Cc1ccc2c(c1)=C(c1sc(NCCc3ccc(S(N)(=O)=O)cc3)nc1O)C(=O)N=2. The number of sulfonamides is 1. The minimum atomic E-state index is -3.71. The van der Waals surface area contributed by atoms with Gasteiger partial charge in [-0.2, -0.15) is 4.98 Å². The second-order valence-corrected chi connectivity index (χ2v) is 9.41. The number of hydrogen-bond donors (Lipinski definition) is 3.